The Morgan fingerprint density at radius 3 is 2.33 bits per heavy atom. The summed E-state index contributed by atoms with van der Waals surface area (Å²) in [6.07, 6.45) is 0.914. The Morgan fingerprint density at radius 2 is 1.92 bits per heavy atom. The van der Waals surface area contributed by atoms with Gasteiger partial charge in [0.15, 0.2) is 5.96 Å². The highest BCUT2D eigenvalue weighted by molar-refractivity contribution is 7.51. The highest BCUT2D eigenvalue weighted by atomic mass is 31.2. The summed E-state index contributed by atoms with van der Waals surface area (Å²) in [6, 6.07) is 0. The van der Waals surface area contributed by atoms with Gasteiger partial charge in [-0.05, 0) is 12.8 Å². The molecule has 0 aromatic heterocycles. The first-order valence-corrected chi connectivity index (χ1v) is 5.31. The Hall–Kier alpha value is -0.580. The fourth-order valence-corrected chi connectivity index (χ4v) is 1.27. The Kier molecular flexibility index (Phi) is 4.89. The van der Waals surface area contributed by atoms with E-state index in [9.17, 15) is 4.57 Å². The van der Waals surface area contributed by atoms with E-state index in [1.54, 1.807) is 0 Å². The van der Waals surface area contributed by atoms with E-state index in [0.717, 1.165) is 0 Å². The summed E-state index contributed by atoms with van der Waals surface area (Å²) in [7, 11) is -3.84. The van der Waals surface area contributed by atoms with E-state index in [0.29, 0.717) is 19.4 Å². The number of unbranched alkanes of at least 4 members (excludes halogenated alkanes) is 1. The molecule has 6 nitrogen and oxygen atoms in total. The summed E-state index contributed by atoms with van der Waals surface area (Å²) in [6.45, 7) is 0.419. The molecular weight excluding hydrogens is 181 g/mol. The van der Waals surface area contributed by atoms with Crippen molar-refractivity contribution in [2.24, 2.45) is 16.5 Å². The standard InChI is InChI=1S/C5H14N3O3P/c6-5(7)8-3-1-2-4-12(9,10)11/h1-4H2,(H4,6,7,8)(H2,9,10,11). The minimum absolute atomic E-state index is 0.00572. The van der Waals surface area contributed by atoms with Gasteiger partial charge in [-0.2, -0.15) is 0 Å². The van der Waals surface area contributed by atoms with Gasteiger partial charge in [-0.3, -0.25) is 9.56 Å². The van der Waals surface area contributed by atoms with Gasteiger partial charge in [-0.1, -0.05) is 0 Å². The van der Waals surface area contributed by atoms with Crippen LogP contribution in [0.2, 0.25) is 0 Å². The molecule has 0 aromatic carbocycles. The van der Waals surface area contributed by atoms with Crippen molar-refractivity contribution in [3.8, 4) is 0 Å². The van der Waals surface area contributed by atoms with Crippen molar-refractivity contribution in [3.63, 3.8) is 0 Å². The van der Waals surface area contributed by atoms with Crippen LogP contribution >= 0.6 is 7.60 Å². The van der Waals surface area contributed by atoms with E-state index in [-0.39, 0.29) is 12.1 Å². The van der Waals surface area contributed by atoms with Crippen LogP contribution in [-0.4, -0.2) is 28.5 Å². The Morgan fingerprint density at radius 1 is 1.33 bits per heavy atom. The molecule has 0 rings (SSSR count). The van der Waals surface area contributed by atoms with Gasteiger partial charge in [0.2, 0.25) is 0 Å². The summed E-state index contributed by atoms with van der Waals surface area (Å²) < 4.78 is 10.3. The topological polar surface area (TPSA) is 122 Å². The van der Waals surface area contributed by atoms with Crippen molar-refractivity contribution in [3.05, 3.63) is 0 Å². The summed E-state index contributed by atoms with van der Waals surface area (Å²) in [4.78, 5) is 20.6. The van der Waals surface area contributed by atoms with E-state index < -0.39 is 7.60 Å². The average Bonchev–Trinajstić information content (AvgIpc) is 1.83. The Labute approximate surface area is 70.8 Å². The lowest BCUT2D eigenvalue weighted by Crippen LogP contribution is -2.22. The van der Waals surface area contributed by atoms with Crippen molar-refractivity contribution < 1.29 is 14.4 Å². The van der Waals surface area contributed by atoms with Crippen LogP contribution in [0.5, 0.6) is 0 Å². The minimum Gasteiger partial charge on any atom is -0.370 e. The first-order chi connectivity index (χ1) is 5.42. The van der Waals surface area contributed by atoms with Gasteiger partial charge < -0.3 is 21.3 Å². The second-order valence-corrected chi connectivity index (χ2v) is 4.18. The van der Waals surface area contributed by atoms with Crippen molar-refractivity contribution in [1.82, 2.24) is 0 Å². The molecule has 0 saturated carbocycles. The molecule has 6 N–H and O–H groups in total. The molecule has 0 saturated heterocycles. The van der Waals surface area contributed by atoms with E-state index in [4.69, 9.17) is 21.3 Å². The molecule has 0 aliphatic rings. The molecule has 72 valence electrons. The molecule has 0 bridgehead atoms. The maximum atomic E-state index is 10.3. The second-order valence-electron chi connectivity index (χ2n) is 2.40. The molecule has 0 heterocycles. The van der Waals surface area contributed by atoms with Gasteiger partial charge in [0.25, 0.3) is 0 Å². The number of guanidine groups is 1. The fraction of sp³-hybridized carbons (Fsp3) is 0.800. The van der Waals surface area contributed by atoms with E-state index in [1.165, 1.54) is 0 Å². The van der Waals surface area contributed by atoms with E-state index in [2.05, 4.69) is 4.99 Å². The number of hydrogen-bond acceptors (Lipinski definition) is 2. The third kappa shape index (κ3) is 9.42. The lowest BCUT2D eigenvalue weighted by Gasteiger charge is -2.01. The predicted molar refractivity (Wildman–Crippen MR) is 46.8 cm³/mol. The van der Waals surface area contributed by atoms with Crippen molar-refractivity contribution in [2.75, 3.05) is 12.7 Å². The summed E-state index contributed by atoms with van der Waals surface area (Å²) >= 11 is 0. The van der Waals surface area contributed by atoms with Gasteiger partial charge in [0, 0.05) is 12.7 Å². The van der Waals surface area contributed by atoms with E-state index >= 15 is 0 Å². The average molecular weight is 195 g/mol. The van der Waals surface area contributed by atoms with Crippen LogP contribution in [0.1, 0.15) is 12.8 Å². The lowest BCUT2D eigenvalue weighted by molar-refractivity contribution is 0.371. The molecule has 12 heavy (non-hydrogen) atoms. The maximum Gasteiger partial charge on any atom is 0.325 e. The minimum atomic E-state index is -3.84. The number of nitrogens with two attached hydrogens (primary N) is 2. The molecule has 0 aromatic rings. The monoisotopic (exact) mass is 195 g/mol. The number of nitrogens with zero attached hydrogens (tertiary/aromatic N) is 1. The van der Waals surface area contributed by atoms with Gasteiger partial charge in [0.05, 0.1) is 0 Å². The van der Waals surface area contributed by atoms with Crippen LogP contribution in [0.15, 0.2) is 4.99 Å². The molecule has 0 radical (unpaired) electrons. The van der Waals surface area contributed by atoms with Gasteiger partial charge in [-0.15, -0.1) is 0 Å². The zero-order valence-electron chi connectivity index (χ0n) is 6.68. The number of aliphatic imine (C=N–C) groups is 1. The molecule has 0 unspecified atom stereocenters. The first kappa shape index (κ1) is 11.4. The Balaban J connectivity index is 3.35. The van der Waals surface area contributed by atoms with Crippen molar-refractivity contribution in [2.45, 2.75) is 12.8 Å². The maximum absolute atomic E-state index is 10.3. The van der Waals surface area contributed by atoms with Crippen molar-refractivity contribution in [1.29, 1.82) is 0 Å². The van der Waals surface area contributed by atoms with Crippen LogP contribution < -0.4 is 11.5 Å². The zero-order chi connectivity index (χ0) is 9.61. The van der Waals surface area contributed by atoms with Crippen LogP contribution in [0.25, 0.3) is 0 Å². The van der Waals surface area contributed by atoms with Gasteiger partial charge >= 0.3 is 7.60 Å². The number of rotatable bonds is 5. The second kappa shape index (κ2) is 5.13. The summed E-state index contributed by atoms with van der Waals surface area (Å²) in [5.74, 6) is 0.00572. The molecule has 0 spiro atoms. The van der Waals surface area contributed by atoms with Crippen LogP contribution in [0.4, 0.5) is 0 Å². The van der Waals surface area contributed by atoms with Gasteiger partial charge in [0.1, 0.15) is 0 Å². The predicted octanol–water partition coefficient (Wildman–Crippen LogP) is -0.782. The molecular formula is C5H14N3O3P. The SMILES string of the molecule is NC(N)=NCCCCP(=O)(O)O. The lowest BCUT2D eigenvalue weighted by atomic mass is 10.3. The zero-order valence-corrected chi connectivity index (χ0v) is 7.57. The third-order valence-electron chi connectivity index (χ3n) is 1.15. The van der Waals surface area contributed by atoms with Crippen LogP contribution in [0.3, 0.4) is 0 Å². The smallest absolute Gasteiger partial charge is 0.325 e. The largest absolute Gasteiger partial charge is 0.370 e. The van der Waals surface area contributed by atoms with Gasteiger partial charge in [-0.25, -0.2) is 0 Å². The first-order valence-electron chi connectivity index (χ1n) is 3.52. The quantitative estimate of drug-likeness (QED) is 0.198. The fourth-order valence-electron chi connectivity index (χ4n) is 0.638. The van der Waals surface area contributed by atoms with Crippen LogP contribution in [-0.2, 0) is 4.57 Å². The molecule has 7 heteroatoms. The molecule has 0 atom stereocenters. The summed E-state index contributed by atoms with van der Waals surface area (Å²) in [5, 5.41) is 0. The van der Waals surface area contributed by atoms with Crippen LogP contribution in [0, 0.1) is 0 Å². The highest BCUT2D eigenvalue weighted by Crippen LogP contribution is 2.35. The summed E-state index contributed by atoms with van der Waals surface area (Å²) in [5.41, 5.74) is 10.1. The molecule has 0 fully saturated rings. The number of hydrogen-bond donors (Lipinski definition) is 4. The van der Waals surface area contributed by atoms with Crippen molar-refractivity contribution >= 4 is 13.6 Å². The third-order valence-corrected chi connectivity index (χ3v) is 2.05. The van der Waals surface area contributed by atoms with E-state index in [1.807, 2.05) is 0 Å². The molecule has 0 aliphatic heterocycles. The normalized spacial score (nSPS) is 11.2. The highest BCUT2D eigenvalue weighted by Gasteiger charge is 2.10. The Bertz CT molecular complexity index is 196. The molecule has 0 amide bonds. The molecule has 0 aliphatic carbocycles.